The number of fused-ring (bicyclic) bond motifs is 5. The fraction of sp³-hybridized carbons (Fsp3) is 0.267. The molecule has 1 aliphatic rings. The van der Waals surface area contributed by atoms with E-state index in [1.807, 2.05) is 0 Å². The molecule has 0 unspecified atom stereocenters. The summed E-state index contributed by atoms with van der Waals surface area (Å²) in [6.45, 7) is 4.64. The van der Waals surface area contributed by atoms with E-state index in [0.29, 0.717) is 0 Å². The van der Waals surface area contributed by atoms with Crippen molar-refractivity contribution in [1.82, 2.24) is 9.38 Å². The normalized spacial score (nSPS) is 16.6. The molecular formula is C15H14N2S. The molecule has 3 heteroatoms. The van der Waals surface area contributed by atoms with Crippen molar-refractivity contribution in [1.29, 1.82) is 0 Å². The van der Waals surface area contributed by atoms with Gasteiger partial charge in [0, 0.05) is 17.1 Å². The van der Waals surface area contributed by atoms with Crippen molar-refractivity contribution < 1.29 is 0 Å². The topological polar surface area (TPSA) is 17.3 Å². The molecule has 2 aromatic heterocycles. The number of hydrogen-bond acceptors (Lipinski definition) is 2. The first-order valence-electron chi connectivity index (χ1n) is 6.21. The highest BCUT2D eigenvalue weighted by atomic mass is 32.1. The minimum absolute atomic E-state index is 0.182. The molecule has 90 valence electrons. The summed E-state index contributed by atoms with van der Waals surface area (Å²) in [6, 6.07) is 8.68. The summed E-state index contributed by atoms with van der Waals surface area (Å²) in [4.78, 5) is 5.91. The van der Waals surface area contributed by atoms with Gasteiger partial charge >= 0.3 is 0 Å². The van der Waals surface area contributed by atoms with E-state index in [0.717, 1.165) is 11.4 Å². The third-order valence-electron chi connectivity index (χ3n) is 3.88. The van der Waals surface area contributed by atoms with Crippen LogP contribution < -0.4 is 0 Å². The molecule has 0 spiro atoms. The van der Waals surface area contributed by atoms with Gasteiger partial charge in [0.2, 0.25) is 0 Å². The van der Waals surface area contributed by atoms with Gasteiger partial charge in [0.25, 0.3) is 0 Å². The standard InChI is InChI=1S/C15H14N2S/c1-15(2)9-12-13(10-5-3-4-6-11(10)15)16-14-17(12)7-8-18-14/h3-8H,9H2,1-2H3. The lowest BCUT2D eigenvalue weighted by Crippen LogP contribution is -2.26. The van der Waals surface area contributed by atoms with Gasteiger partial charge in [-0.05, 0) is 17.4 Å². The molecule has 2 heterocycles. The van der Waals surface area contributed by atoms with Gasteiger partial charge in [-0.3, -0.25) is 4.40 Å². The Hall–Kier alpha value is -1.61. The number of imidazole rings is 1. The number of hydrogen-bond donors (Lipinski definition) is 0. The number of nitrogens with zero attached hydrogens (tertiary/aromatic N) is 2. The molecule has 3 aromatic rings. The highest BCUT2D eigenvalue weighted by Gasteiger charge is 2.33. The van der Waals surface area contributed by atoms with Crippen LogP contribution >= 0.6 is 11.3 Å². The van der Waals surface area contributed by atoms with Crippen LogP contribution in [0.2, 0.25) is 0 Å². The van der Waals surface area contributed by atoms with Crippen LogP contribution in [0.5, 0.6) is 0 Å². The van der Waals surface area contributed by atoms with Gasteiger partial charge in [0.15, 0.2) is 4.96 Å². The molecule has 0 bridgehead atoms. The van der Waals surface area contributed by atoms with Gasteiger partial charge in [-0.25, -0.2) is 4.98 Å². The largest absolute Gasteiger partial charge is 0.294 e. The molecule has 0 fully saturated rings. The first-order valence-corrected chi connectivity index (χ1v) is 7.09. The van der Waals surface area contributed by atoms with E-state index in [1.165, 1.54) is 22.5 Å². The van der Waals surface area contributed by atoms with Gasteiger partial charge in [0.05, 0.1) is 11.4 Å². The molecule has 0 N–H and O–H groups in total. The van der Waals surface area contributed by atoms with E-state index in [1.54, 1.807) is 11.3 Å². The molecule has 1 aliphatic carbocycles. The highest BCUT2D eigenvalue weighted by Crippen LogP contribution is 2.43. The lowest BCUT2D eigenvalue weighted by Gasteiger charge is -2.31. The Kier molecular flexibility index (Phi) is 1.86. The molecule has 2 nitrogen and oxygen atoms in total. The average molecular weight is 254 g/mol. The molecule has 4 rings (SSSR count). The van der Waals surface area contributed by atoms with Crippen molar-refractivity contribution >= 4 is 16.3 Å². The highest BCUT2D eigenvalue weighted by molar-refractivity contribution is 7.15. The van der Waals surface area contributed by atoms with Crippen molar-refractivity contribution in [2.45, 2.75) is 25.7 Å². The minimum atomic E-state index is 0.182. The SMILES string of the molecule is CC1(C)Cc2c(nc3sccn23)-c2ccccc21. The summed E-state index contributed by atoms with van der Waals surface area (Å²) in [5, 5.41) is 2.11. The lowest BCUT2D eigenvalue weighted by molar-refractivity contribution is 0.508. The van der Waals surface area contributed by atoms with Crippen LogP contribution in [0.4, 0.5) is 0 Å². The summed E-state index contributed by atoms with van der Waals surface area (Å²) in [7, 11) is 0. The van der Waals surface area contributed by atoms with E-state index in [9.17, 15) is 0 Å². The molecule has 0 saturated carbocycles. The average Bonchev–Trinajstić information content (AvgIpc) is 2.91. The van der Waals surface area contributed by atoms with Crippen molar-refractivity contribution in [3.05, 3.63) is 47.1 Å². The van der Waals surface area contributed by atoms with Gasteiger partial charge in [0.1, 0.15) is 0 Å². The fourth-order valence-electron chi connectivity index (χ4n) is 3.01. The Labute approximate surface area is 110 Å². The Morgan fingerprint density at radius 3 is 3.00 bits per heavy atom. The molecule has 0 saturated heterocycles. The third-order valence-corrected chi connectivity index (χ3v) is 4.64. The summed E-state index contributed by atoms with van der Waals surface area (Å²) in [5.41, 5.74) is 5.44. The number of rotatable bonds is 0. The third kappa shape index (κ3) is 1.20. The van der Waals surface area contributed by atoms with Crippen LogP contribution in [0.25, 0.3) is 16.2 Å². The van der Waals surface area contributed by atoms with Gasteiger partial charge in [-0.1, -0.05) is 38.1 Å². The molecule has 0 amide bonds. The van der Waals surface area contributed by atoms with Crippen molar-refractivity contribution in [3.8, 4) is 11.3 Å². The molecule has 1 aromatic carbocycles. The minimum Gasteiger partial charge on any atom is -0.294 e. The van der Waals surface area contributed by atoms with Crippen LogP contribution in [-0.2, 0) is 11.8 Å². The predicted octanol–water partition coefficient (Wildman–Crippen LogP) is 3.90. The van der Waals surface area contributed by atoms with Crippen LogP contribution in [0.1, 0.15) is 25.1 Å². The Morgan fingerprint density at radius 2 is 2.11 bits per heavy atom. The Bertz CT molecular complexity index is 749. The van der Waals surface area contributed by atoms with Crippen LogP contribution in [0.3, 0.4) is 0 Å². The van der Waals surface area contributed by atoms with Crippen molar-refractivity contribution in [3.63, 3.8) is 0 Å². The second kappa shape index (κ2) is 3.23. The maximum absolute atomic E-state index is 4.80. The zero-order valence-electron chi connectivity index (χ0n) is 10.5. The maximum atomic E-state index is 4.80. The number of aromatic nitrogens is 2. The van der Waals surface area contributed by atoms with Gasteiger partial charge < -0.3 is 0 Å². The van der Waals surface area contributed by atoms with Crippen molar-refractivity contribution in [2.75, 3.05) is 0 Å². The molecule has 0 atom stereocenters. The smallest absolute Gasteiger partial charge is 0.194 e. The van der Waals surface area contributed by atoms with Crippen LogP contribution in [-0.4, -0.2) is 9.38 Å². The first-order chi connectivity index (χ1) is 8.67. The summed E-state index contributed by atoms with van der Waals surface area (Å²) in [5.74, 6) is 0. The summed E-state index contributed by atoms with van der Waals surface area (Å²) in [6.07, 6.45) is 3.19. The fourth-order valence-corrected chi connectivity index (χ4v) is 3.74. The number of thiazole rings is 1. The van der Waals surface area contributed by atoms with E-state index >= 15 is 0 Å². The van der Waals surface area contributed by atoms with Crippen molar-refractivity contribution in [2.24, 2.45) is 0 Å². The molecule has 0 radical (unpaired) electrons. The van der Waals surface area contributed by atoms with E-state index in [4.69, 9.17) is 4.98 Å². The second-order valence-corrected chi connectivity index (χ2v) is 6.44. The molecule has 18 heavy (non-hydrogen) atoms. The zero-order chi connectivity index (χ0) is 12.3. The maximum Gasteiger partial charge on any atom is 0.194 e. The first kappa shape index (κ1) is 10.3. The Morgan fingerprint density at radius 1 is 1.28 bits per heavy atom. The Balaban J connectivity index is 2.12. The molecule has 0 aliphatic heterocycles. The van der Waals surface area contributed by atoms with E-state index < -0.39 is 0 Å². The zero-order valence-corrected chi connectivity index (χ0v) is 11.3. The van der Waals surface area contributed by atoms with Gasteiger partial charge in [-0.2, -0.15) is 0 Å². The summed E-state index contributed by atoms with van der Waals surface area (Å²) < 4.78 is 2.25. The molecular weight excluding hydrogens is 240 g/mol. The van der Waals surface area contributed by atoms with E-state index in [2.05, 4.69) is 54.1 Å². The van der Waals surface area contributed by atoms with Gasteiger partial charge in [-0.15, -0.1) is 11.3 Å². The van der Waals surface area contributed by atoms with E-state index in [-0.39, 0.29) is 5.41 Å². The quantitative estimate of drug-likeness (QED) is 0.595. The van der Waals surface area contributed by atoms with Crippen LogP contribution in [0, 0.1) is 0 Å². The monoisotopic (exact) mass is 254 g/mol. The number of benzene rings is 1. The summed E-state index contributed by atoms with van der Waals surface area (Å²) >= 11 is 1.71. The second-order valence-electron chi connectivity index (χ2n) is 5.57. The lowest BCUT2D eigenvalue weighted by atomic mass is 9.73. The van der Waals surface area contributed by atoms with Crippen LogP contribution in [0.15, 0.2) is 35.8 Å². The predicted molar refractivity (Wildman–Crippen MR) is 75.2 cm³/mol.